The third kappa shape index (κ3) is 7.40. The lowest BCUT2D eigenvalue weighted by atomic mass is 10.0. The molecular weight excluding hydrogens is 428 g/mol. The fraction of sp³-hybridized carbons (Fsp3) is 0.333. The highest BCUT2D eigenvalue weighted by Crippen LogP contribution is 2.20. The van der Waals surface area contributed by atoms with Gasteiger partial charge in [-0.3, -0.25) is 4.79 Å². The van der Waals surface area contributed by atoms with E-state index < -0.39 is 11.7 Å². The Morgan fingerprint density at radius 3 is 2.21 bits per heavy atom. The number of hydrogen-bond donors (Lipinski definition) is 3. The first-order valence-electron chi connectivity index (χ1n) is 11.5. The van der Waals surface area contributed by atoms with Crippen LogP contribution in [0, 0.1) is 6.92 Å². The predicted octanol–water partition coefficient (Wildman–Crippen LogP) is 4.89. The summed E-state index contributed by atoms with van der Waals surface area (Å²) in [4.78, 5) is 24.6. The molecule has 0 aliphatic carbocycles. The molecule has 3 rings (SSSR count). The van der Waals surface area contributed by atoms with Gasteiger partial charge in [0.2, 0.25) is 0 Å². The molecule has 7 heteroatoms. The molecule has 0 saturated heterocycles. The van der Waals surface area contributed by atoms with Crippen LogP contribution in [-0.2, 0) is 17.8 Å². The lowest BCUT2D eigenvalue weighted by molar-refractivity contribution is 0.0526. The molecule has 2 aromatic carbocycles. The molecule has 0 radical (unpaired) electrons. The molecule has 0 aliphatic rings. The van der Waals surface area contributed by atoms with Gasteiger partial charge in [0, 0.05) is 25.8 Å². The van der Waals surface area contributed by atoms with Crippen LogP contribution < -0.4 is 16.4 Å². The molecule has 1 heterocycles. The fourth-order valence-electron chi connectivity index (χ4n) is 3.50. The third-order valence-corrected chi connectivity index (χ3v) is 5.19. The van der Waals surface area contributed by atoms with Crippen LogP contribution in [0.25, 0.3) is 11.1 Å². The molecule has 2 amide bonds. The standard InChI is InChI=1S/C27H34N4O3/c1-19-6-10-21(11-7-19)22-12-8-20(9-13-22)17-30-25(32)24-16-23(28)18-31(24)15-5-14-29-26(33)34-27(2,3)4/h6-13,16,18H,5,14-15,17,28H2,1-4H3,(H,29,33)(H,30,32). The number of nitrogens with zero attached hydrogens (tertiary/aromatic N) is 1. The number of nitrogens with two attached hydrogens (primary N) is 1. The Labute approximate surface area is 201 Å². The average Bonchev–Trinajstić information content (AvgIpc) is 3.15. The summed E-state index contributed by atoms with van der Waals surface area (Å²) in [6.07, 6.45) is 1.92. The van der Waals surface area contributed by atoms with E-state index in [0.29, 0.717) is 37.4 Å². The number of aryl methyl sites for hydroxylation is 2. The van der Waals surface area contributed by atoms with Crippen LogP contribution >= 0.6 is 0 Å². The van der Waals surface area contributed by atoms with Crippen molar-refractivity contribution in [2.45, 2.75) is 52.8 Å². The number of aromatic nitrogens is 1. The highest BCUT2D eigenvalue weighted by molar-refractivity contribution is 5.93. The molecule has 7 nitrogen and oxygen atoms in total. The van der Waals surface area contributed by atoms with Gasteiger partial charge in [0.25, 0.3) is 5.91 Å². The second-order valence-electron chi connectivity index (χ2n) is 9.38. The van der Waals surface area contributed by atoms with E-state index in [1.807, 2.05) is 37.5 Å². The molecule has 0 saturated carbocycles. The molecule has 0 unspecified atom stereocenters. The van der Waals surface area contributed by atoms with Gasteiger partial charge in [-0.2, -0.15) is 0 Å². The van der Waals surface area contributed by atoms with Gasteiger partial charge in [0.05, 0.1) is 5.69 Å². The van der Waals surface area contributed by atoms with E-state index in [4.69, 9.17) is 10.5 Å². The lowest BCUT2D eigenvalue weighted by Crippen LogP contribution is -2.33. The molecule has 0 atom stereocenters. The maximum atomic E-state index is 12.8. The highest BCUT2D eigenvalue weighted by Gasteiger charge is 2.16. The van der Waals surface area contributed by atoms with Gasteiger partial charge in [-0.15, -0.1) is 0 Å². The fourth-order valence-corrected chi connectivity index (χ4v) is 3.50. The second kappa shape index (κ2) is 10.9. The van der Waals surface area contributed by atoms with Gasteiger partial charge in [0.15, 0.2) is 0 Å². The van der Waals surface area contributed by atoms with Crippen molar-refractivity contribution in [3.63, 3.8) is 0 Å². The van der Waals surface area contributed by atoms with E-state index >= 15 is 0 Å². The number of anilines is 1. The first kappa shape index (κ1) is 24.9. The Kier molecular flexibility index (Phi) is 7.99. The largest absolute Gasteiger partial charge is 0.444 e. The van der Waals surface area contributed by atoms with Crippen LogP contribution in [0.15, 0.2) is 60.8 Å². The van der Waals surface area contributed by atoms with Gasteiger partial charge < -0.3 is 25.7 Å². The molecule has 3 aromatic rings. The summed E-state index contributed by atoms with van der Waals surface area (Å²) >= 11 is 0. The third-order valence-electron chi connectivity index (χ3n) is 5.19. The molecule has 4 N–H and O–H groups in total. The Hall–Kier alpha value is -3.74. The Bertz CT molecular complexity index is 1110. The normalized spacial score (nSPS) is 11.2. The predicted molar refractivity (Wildman–Crippen MR) is 135 cm³/mol. The van der Waals surface area contributed by atoms with Crippen molar-refractivity contribution in [1.29, 1.82) is 0 Å². The Morgan fingerprint density at radius 1 is 0.971 bits per heavy atom. The molecule has 34 heavy (non-hydrogen) atoms. The van der Waals surface area contributed by atoms with Crippen molar-refractivity contribution >= 4 is 17.7 Å². The van der Waals surface area contributed by atoms with E-state index in [0.717, 1.165) is 16.7 Å². The van der Waals surface area contributed by atoms with Crippen LogP contribution in [0.1, 0.15) is 48.8 Å². The molecule has 0 aliphatic heterocycles. The van der Waals surface area contributed by atoms with Crippen LogP contribution in [0.2, 0.25) is 0 Å². The molecule has 0 bridgehead atoms. The van der Waals surface area contributed by atoms with Crippen molar-refractivity contribution < 1.29 is 14.3 Å². The van der Waals surface area contributed by atoms with Crippen molar-refractivity contribution in [3.05, 3.63) is 77.6 Å². The van der Waals surface area contributed by atoms with E-state index in [1.165, 1.54) is 5.56 Å². The van der Waals surface area contributed by atoms with Crippen LogP contribution in [0.3, 0.4) is 0 Å². The number of carbonyl (C=O) groups is 2. The number of hydrogen-bond acceptors (Lipinski definition) is 4. The number of alkyl carbamates (subject to hydrolysis) is 1. The number of nitrogen functional groups attached to an aromatic ring is 1. The first-order valence-corrected chi connectivity index (χ1v) is 11.5. The Morgan fingerprint density at radius 2 is 1.59 bits per heavy atom. The van der Waals surface area contributed by atoms with E-state index in [2.05, 4.69) is 54.0 Å². The Balaban J connectivity index is 1.51. The smallest absolute Gasteiger partial charge is 0.407 e. The lowest BCUT2D eigenvalue weighted by Gasteiger charge is -2.19. The minimum Gasteiger partial charge on any atom is -0.444 e. The van der Waals surface area contributed by atoms with Crippen molar-refractivity contribution in [2.75, 3.05) is 12.3 Å². The summed E-state index contributed by atoms with van der Waals surface area (Å²) in [5.74, 6) is -0.195. The van der Waals surface area contributed by atoms with Crippen molar-refractivity contribution in [3.8, 4) is 11.1 Å². The van der Waals surface area contributed by atoms with Gasteiger partial charge in [-0.1, -0.05) is 54.1 Å². The number of amides is 2. The number of ether oxygens (including phenoxy) is 1. The summed E-state index contributed by atoms with van der Waals surface area (Å²) < 4.78 is 7.03. The number of rotatable bonds is 8. The molecule has 0 fully saturated rings. The average molecular weight is 463 g/mol. The van der Waals surface area contributed by atoms with Gasteiger partial charge in [-0.25, -0.2) is 4.79 Å². The minimum atomic E-state index is -0.536. The molecule has 0 spiro atoms. The number of carbonyl (C=O) groups excluding carboxylic acids is 2. The van der Waals surface area contributed by atoms with E-state index in [9.17, 15) is 9.59 Å². The molecular formula is C27H34N4O3. The minimum absolute atomic E-state index is 0.195. The van der Waals surface area contributed by atoms with Gasteiger partial charge in [-0.05, 0) is 56.9 Å². The summed E-state index contributed by atoms with van der Waals surface area (Å²) in [5, 5.41) is 5.69. The topological polar surface area (TPSA) is 98.4 Å². The zero-order valence-corrected chi connectivity index (χ0v) is 20.4. The highest BCUT2D eigenvalue weighted by atomic mass is 16.6. The summed E-state index contributed by atoms with van der Waals surface area (Å²) in [6.45, 7) is 8.91. The van der Waals surface area contributed by atoms with Crippen LogP contribution in [0.5, 0.6) is 0 Å². The maximum absolute atomic E-state index is 12.8. The van der Waals surface area contributed by atoms with E-state index in [-0.39, 0.29) is 5.91 Å². The monoisotopic (exact) mass is 462 g/mol. The zero-order valence-electron chi connectivity index (χ0n) is 20.4. The summed E-state index contributed by atoms with van der Waals surface area (Å²) in [6, 6.07) is 18.2. The van der Waals surface area contributed by atoms with Crippen LogP contribution in [-0.4, -0.2) is 28.7 Å². The SMILES string of the molecule is Cc1ccc(-c2ccc(CNC(=O)c3cc(N)cn3CCCNC(=O)OC(C)(C)C)cc2)cc1. The molecule has 180 valence electrons. The van der Waals surface area contributed by atoms with E-state index in [1.54, 1.807) is 12.3 Å². The van der Waals surface area contributed by atoms with Crippen LogP contribution in [0.4, 0.5) is 10.5 Å². The number of nitrogens with one attached hydrogen (secondary N) is 2. The van der Waals surface area contributed by atoms with Crippen molar-refractivity contribution in [1.82, 2.24) is 15.2 Å². The second-order valence-corrected chi connectivity index (χ2v) is 9.38. The van der Waals surface area contributed by atoms with Crippen molar-refractivity contribution in [2.24, 2.45) is 0 Å². The summed E-state index contributed by atoms with van der Waals surface area (Å²) in [7, 11) is 0. The van der Waals surface area contributed by atoms with Gasteiger partial charge in [0.1, 0.15) is 11.3 Å². The first-order chi connectivity index (χ1) is 16.1. The quantitative estimate of drug-likeness (QED) is 0.415. The zero-order chi connectivity index (χ0) is 24.7. The molecule has 1 aromatic heterocycles. The number of benzene rings is 2. The van der Waals surface area contributed by atoms with Gasteiger partial charge >= 0.3 is 6.09 Å². The maximum Gasteiger partial charge on any atom is 0.407 e. The summed E-state index contributed by atoms with van der Waals surface area (Å²) in [5.41, 5.74) is 11.0.